The number of amides is 1. The van der Waals surface area contributed by atoms with E-state index in [1.807, 2.05) is 31.2 Å². The van der Waals surface area contributed by atoms with Gasteiger partial charge in [0.05, 0.1) is 18.8 Å². The van der Waals surface area contributed by atoms with E-state index < -0.39 is 0 Å². The summed E-state index contributed by atoms with van der Waals surface area (Å²) in [6.45, 7) is 2.82. The summed E-state index contributed by atoms with van der Waals surface area (Å²) in [4.78, 5) is 40.7. The van der Waals surface area contributed by atoms with Crippen molar-refractivity contribution in [3.63, 3.8) is 0 Å². The van der Waals surface area contributed by atoms with Crippen LogP contribution in [0.4, 0.5) is 5.69 Å². The van der Waals surface area contributed by atoms with E-state index >= 15 is 0 Å². The van der Waals surface area contributed by atoms with E-state index in [4.69, 9.17) is 9.78 Å². The summed E-state index contributed by atoms with van der Waals surface area (Å²) in [5, 5.41) is 4.27. The van der Waals surface area contributed by atoms with Crippen molar-refractivity contribution >= 4 is 50.4 Å². The lowest BCUT2D eigenvalue weighted by Crippen LogP contribution is -2.11. The summed E-state index contributed by atoms with van der Waals surface area (Å²) >= 11 is 1.75. The van der Waals surface area contributed by atoms with Crippen LogP contribution in [0.15, 0.2) is 48.5 Å². The zero-order valence-corrected chi connectivity index (χ0v) is 21.5. The Morgan fingerprint density at radius 2 is 1.95 bits per heavy atom. The molecule has 0 bridgehead atoms. The molecule has 1 aliphatic carbocycles. The first-order chi connectivity index (χ1) is 18.1. The second-order valence-electron chi connectivity index (χ2n) is 9.40. The smallest absolute Gasteiger partial charge is 0.256 e. The minimum absolute atomic E-state index is 0.131. The van der Waals surface area contributed by atoms with Gasteiger partial charge in [-0.15, -0.1) is 11.3 Å². The van der Waals surface area contributed by atoms with Crippen molar-refractivity contribution in [1.82, 2.24) is 4.98 Å². The highest BCUT2D eigenvalue weighted by atomic mass is 32.1. The molecule has 1 aliphatic heterocycles. The van der Waals surface area contributed by atoms with Gasteiger partial charge >= 0.3 is 0 Å². The van der Waals surface area contributed by atoms with Crippen molar-refractivity contribution < 1.29 is 19.4 Å². The Bertz CT molecular complexity index is 1510. The van der Waals surface area contributed by atoms with E-state index in [-0.39, 0.29) is 11.7 Å². The third-order valence-electron chi connectivity index (χ3n) is 6.98. The van der Waals surface area contributed by atoms with Crippen LogP contribution in [0.5, 0.6) is 0 Å². The molecule has 6 nitrogen and oxygen atoms in total. The highest BCUT2D eigenvalue weighted by molar-refractivity contribution is 7.22. The fourth-order valence-corrected chi connectivity index (χ4v) is 6.34. The average molecular weight is 513 g/mol. The van der Waals surface area contributed by atoms with Gasteiger partial charge in [-0.1, -0.05) is 30.3 Å². The van der Waals surface area contributed by atoms with Crippen LogP contribution in [-0.2, 0) is 27.4 Å². The number of H-pyrrole nitrogens is 1. The predicted octanol–water partition coefficient (Wildman–Crippen LogP) is 6.81. The van der Waals surface area contributed by atoms with Gasteiger partial charge < -0.3 is 10.3 Å². The number of anilines is 1. The second-order valence-corrected chi connectivity index (χ2v) is 10.5. The molecule has 0 fully saturated rings. The molecule has 188 valence electrons. The van der Waals surface area contributed by atoms with Crippen molar-refractivity contribution in [3.8, 4) is 10.4 Å². The van der Waals surface area contributed by atoms with E-state index in [9.17, 15) is 9.59 Å². The quantitative estimate of drug-likeness (QED) is 0.118. The van der Waals surface area contributed by atoms with Gasteiger partial charge in [-0.25, -0.2) is 9.78 Å². The molecule has 0 radical (unpaired) electrons. The molecular formula is C30H28N2O4S. The number of fused-ring (bicyclic) bond motifs is 3. The van der Waals surface area contributed by atoms with E-state index in [2.05, 4.69) is 40.6 Å². The Kier molecular flexibility index (Phi) is 6.50. The lowest BCUT2D eigenvalue weighted by Gasteiger charge is -2.11. The Balaban J connectivity index is 1.34. The number of carbonyl (C=O) groups excluding carboxylic acids is 2. The molecule has 0 spiro atoms. The molecule has 2 N–H and O–H groups in total. The van der Waals surface area contributed by atoms with Crippen molar-refractivity contribution in [2.24, 2.45) is 0 Å². The molecule has 2 aromatic heterocycles. The van der Waals surface area contributed by atoms with Crippen LogP contribution in [0.2, 0.25) is 0 Å². The molecule has 7 heteroatoms. The number of hydrogen-bond donors (Lipinski definition) is 2. The summed E-state index contributed by atoms with van der Waals surface area (Å²) in [5.41, 5.74) is 6.95. The number of aromatic nitrogens is 1. The number of ketones is 1. The lowest BCUT2D eigenvalue weighted by atomic mass is 9.91. The third kappa shape index (κ3) is 4.55. The van der Waals surface area contributed by atoms with Crippen LogP contribution in [0.1, 0.15) is 59.1 Å². The largest absolute Gasteiger partial charge is 0.358 e. The zero-order chi connectivity index (χ0) is 25.4. The average Bonchev–Trinajstić information content (AvgIpc) is 3.58. The van der Waals surface area contributed by atoms with Gasteiger partial charge in [0.25, 0.3) is 5.91 Å². The number of aryl methyl sites for hydroxylation is 1. The molecule has 37 heavy (non-hydrogen) atoms. The maximum Gasteiger partial charge on any atom is 0.256 e. The highest BCUT2D eigenvalue weighted by Crippen LogP contribution is 2.40. The second kappa shape index (κ2) is 10.1. The van der Waals surface area contributed by atoms with Crippen LogP contribution in [0, 0.1) is 0 Å². The molecule has 1 amide bonds. The molecule has 0 atom stereocenters. The van der Waals surface area contributed by atoms with Gasteiger partial charge in [0.1, 0.15) is 0 Å². The Morgan fingerprint density at radius 1 is 1.05 bits per heavy atom. The highest BCUT2D eigenvalue weighted by Gasteiger charge is 2.28. The van der Waals surface area contributed by atoms with Crippen LogP contribution in [-0.4, -0.2) is 29.9 Å². The molecule has 4 aromatic rings. The fraction of sp³-hybridized carbons (Fsp3) is 0.267. The number of carbonyl (C=O) groups is 2. The molecule has 2 aliphatic rings. The summed E-state index contributed by atoms with van der Waals surface area (Å²) in [6.07, 6.45) is 5.54. The number of rotatable bonds is 8. The van der Waals surface area contributed by atoms with Gasteiger partial charge in [-0.3, -0.25) is 9.59 Å². The van der Waals surface area contributed by atoms with Crippen LogP contribution < -0.4 is 5.32 Å². The lowest BCUT2D eigenvalue weighted by molar-refractivity contribution is -0.291. The Labute approximate surface area is 219 Å². The topological polar surface area (TPSA) is 80.4 Å². The van der Waals surface area contributed by atoms with Crippen LogP contribution >= 0.6 is 11.3 Å². The van der Waals surface area contributed by atoms with Gasteiger partial charge in [-0.05, 0) is 73.4 Å². The van der Waals surface area contributed by atoms with Crippen molar-refractivity contribution in [2.45, 2.75) is 39.0 Å². The third-order valence-corrected chi connectivity index (χ3v) is 8.15. The molecule has 2 aromatic carbocycles. The SMILES string of the molecule is CCOOCCCc1c(/C=C2\C(=O)Nc3cc(-c4cc5ccccc5s4)ccc32)[nH]c2c1C(=O)CCC2. The normalized spacial score (nSPS) is 15.9. The standard InChI is InChI=1S/C30H28N2O4S/c1-2-35-36-14-6-8-21-25(31-23-9-5-10-26(33)29(21)23)17-22-20-13-12-19(15-24(20)32-30(22)34)28-16-18-7-3-4-11-27(18)37-28/h3-4,7,11-13,15-17,31H,2,5-6,8-10,14H2,1H3,(H,32,34)/b22-17-. The maximum absolute atomic E-state index is 13.1. The van der Waals surface area contributed by atoms with E-state index in [1.54, 1.807) is 11.3 Å². The number of benzene rings is 2. The number of Topliss-reactive ketones (excluding diaryl/α,β-unsaturated/α-hetero) is 1. The number of hydrogen-bond acceptors (Lipinski definition) is 5. The first-order valence-electron chi connectivity index (χ1n) is 12.8. The molecule has 6 rings (SSSR count). The molecule has 0 unspecified atom stereocenters. The number of aromatic amines is 1. The summed E-state index contributed by atoms with van der Waals surface area (Å²) in [5.74, 6) is 0.0418. The Hall–Kier alpha value is -3.52. The van der Waals surface area contributed by atoms with Crippen LogP contribution in [0.25, 0.3) is 32.2 Å². The Morgan fingerprint density at radius 3 is 2.81 bits per heavy atom. The summed E-state index contributed by atoms with van der Waals surface area (Å²) < 4.78 is 1.24. The maximum atomic E-state index is 13.1. The first kappa shape index (κ1) is 23.9. The number of thiophene rings is 1. The van der Waals surface area contributed by atoms with E-state index in [0.717, 1.165) is 58.6 Å². The van der Waals surface area contributed by atoms with Gasteiger partial charge in [0, 0.05) is 44.2 Å². The summed E-state index contributed by atoms with van der Waals surface area (Å²) in [6, 6.07) is 16.7. The first-order valence-corrected chi connectivity index (χ1v) is 13.6. The minimum atomic E-state index is -0.131. The van der Waals surface area contributed by atoms with Crippen LogP contribution in [0.3, 0.4) is 0 Å². The molecule has 0 saturated carbocycles. The zero-order valence-electron chi connectivity index (χ0n) is 20.7. The fourth-order valence-electron chi connectivity index (χ4n) is 5.28. The molecule has 0 saturated heterocycles. The number of nitrogens with one attached hydrogen (secondary N) is 2. The van der Waals surface area contributed by atoms with Gasteiger partial charge in [0.2, 0.25) is 0 Å². The monoisotopic (exact) mass is 512 g/mol. The molecule has 3 heterocycles. The van der Waals surface area contributed by atoms with E-state index in [1.165, 1.54) is 15.0 Å². The van der Waals surface area contributed by atoms with Crippen molar-refractivity contribution in [3.05, 3.63) is 76.6 Å². The van der Waals surface area contributed by atoms with E-state index in [0.29, 0.717) is 31.6 Å². The summed E-state index contributed by atoms with van der Waals surface area (Å²) in [7, 11) is 0. The predicted molar refractivity (Wildman–Crippen MR) is 148 cm³/mol. The van der Waals surface area contributed by atoms with Gasteiger partial charge in [-0.2, -0.15) is 0 Å². The van der Waals surface area contributed by atoms with Crippen molar-refractivity contribution in [1.29, 1.82) is 0 Å². The minimum Gasteiger partial charge on any atom is -0.358 e. The molecular weight excluding hydrogens is 484 g/mol. The van der Waals surface area contributed by atoms with Crippen molar-refractivity contribution in [2.75, 3.05) is 18.5 Å². The van der Waals surface area contributed by atoms with Gasteiger partial charge in [0.15, 0.2) is 5.78 Å².